The van der Waals surface area contributed by atoms with Crippen LogP contribution in [0.5, 0.6) is 0 Å². The van der Waals surface area contributed by atoms with Crippen molar-refractivity contribution in [2.24, 2.45) is 5.92 Å². The van der Waals surface area contributed by atoms with Gasteiger partial charge in [-0.1, -0.05) is 26.0 Å². The molecule has 1 aromatic carbocycles. The van der Waals surface area contributed by atoms with Gasteiger partial charge in [-0.15, -0.1) is 0 Å². The van der Waals surface area contributed by atoms with Gasteiger partial charge in [0.2, 0.25) is 11.7 Å². The standard InChI is InChI=1S/C15H15NO4/c1-9(2)14(17)16-11-6-4-3-5-10(11)12-7-8-13(20-12)15(18)19/h3-9H,1-2H3,(H,16,17)(H,18,19). The normalized spacial score (nSPS) is 10.6. The molecule has 0 aliphatic carbocycles. The third kappa shape index (κ3) is 2.88. The number of carboxylic acids is 1. The van der Waals surface area contributed by atoms with E-state index in [1.807, 2.05) is 0 Å². The zero-order valence-corrected chi connectivity index (χ0v) is 11.2. The average Bonchev–Trinajstić information content (AvgIpc) is 2.88. The number of carboxylic acid groups (broad SMARTS) is 1. The van der Waals surface area contributed by atoms with Crippen molar-refractivity contribution in [2.75, 3.05) is 5.32 Å². The molecule has 0 spiro atoms. The highest BCUT2D eigenvalue weighted by Crippen LogP contribution is 2.29. The Labute approximate surface area is 116 Å². The molecule has 1 heterocycles. The Kier molecular flexibility index (Phi) is 3.89. The summed E-state index contributed by atoms with van der Waals surface area (Å²) in [5.41, 5.74) is 1.24. The second-order valence-corrected chi connectivity index (χ2v) is 4.66. The minimum Gasteiger partial charge on any atom is -0.475 e. The van der Waals surface area contributed by atoms with E-state index >= 15 is 0 Å². The van der Waals surface area contributed by atoms with E-state index in [1.54, 1.807) is 44.2 Å². The smallest absolute Gasteiger partial charge is 0.371 e. The molecule has 0 aliphatic heterocycles. The molecular formula is C15H15NO4. The first-order valence-corrected chi connectivity index (χ1v) is 6.22. The third-order valence-electron chi connectivity index (χ3n) is 2.79. The number of furan rings is 1. The molecule has 0 atom stereocenters. The maximum atomic E-state index is 11.8. The highest BCUT2D eigenvalue weighted by atomic mass is 16.4. The lowest BCUT2D eigenvalue weighted by molar-refractivity contribution is -0.118. The molecule has 0 saturated heterocycles. The number of rotatable bonds is 4. The number of nitrogens with one attached hydrogen (secondary N) is 1. The van der Waals surface area contributed by atoms with Gasteiger partial charge in [0.05, 0.1) is 5.69 Å². The molecule has 5 heteroatoms. The van der Waals surface area contributed by atoms with Crippen molar-refractivity contribution in [2.45, 2.75) is 13.8 Å². The van der Waals surface area contributed by atoms with E-state index in [2.05, 4.69) is 5.32 Å². The fraction of sp³-hybridized carbons (Fsp3) is 0.200. The van der Waals surface area contributed by atoms with Crippen LogP contribution in [0.25, 0.3) is 11.3 Å². The Bertz CT molecular complexity index is 643. The van der Waals surface area contributed by atoms with Crippen LogP contribution >= 0.6 is 0 Å². The third-order valence-corrected chi connectivity index (χ3v) is 2.79. The van der Waals surface area contributed by atoms with Crippen molar-refractivity contribution in [1.29, 1.82) is 0 Å². The van der Waals surface area contributed by atoms with Crippen LogP contribution in [0.3, 0.4) is 0 Å². The largest absolute Gasteiger partial charge is 0.475 e. The Morgan fingerprint density at radius 2 is 1.85 bits per heavy atom. The molecule has 0 saturated carbocycles. The lowest BCUT2D eigenvalue weighted by Crippen LogP contribution is -2.18. The number of para-hydroxylation sites is 1. The minimum atomic E-state index is -1.13. The summed E-state index contributed by atoms with van der Waals surface area (Å²) in [6.45, 7) is 3.60. The average molecular weight is 273 g/mol. The van der Waals surface area contributed by atoms with Crippen molar-refractivity contribution in [3.8, 4) is 11.3 Å². The summed E-state index contributed by atoms with van der Waals surface area (Å²) in [5.74, 6) is -1.11. The van der Waals surface area contributed by atoms with Gasteiger partial charge in [-0.05, 0) is 24.3 Å². The summed E-state index contributed by atoms with van der Waals surface area (Å²) in [6, 6.07) is 10.1. The second kappa shape index (κ2) is 5.61. The first kappa shape index (κ1) is 13.9. The van der Waals surface area contributed by atoms with Crippen molar-refractivity contribution in [1.82, 2.24) is 0 Å². The number of hydrogen-bond donors (Lipinski definition) is 2. The molecule has 1 aromatic heterocycles. The van der Waals surface area contributed by atoms with E-state index in [-0.39, 0.29) is 17.6 Å². The summed E-state index contributed by atoms with van der Waals surface area (Å²) >= 11 is 0. The number of anilines is 1. The maximum absolute atomic E-state index is 11.8. The zero-order valence-electron chi connectivity index (χ0n) is 11.2. The summed E-state index contributed by atoms with van der Waals surface area (Å²) in [6.07, 6.45) is 0. The highest BCUT2D eigenvalue weighted by molar-refractivity contribution is 5.96. The quantitative estimate of drug-likeness (QED) is 0.896. The highest BCUT2D eigenvalue weighted by Gasteiger charge is 2.15. The van der Waals surface area contributed by atoms with Crippen molar-refractivity contribution < 1.29 is 19.1 Å². The van der Waals surface area contributed by atoms with Gasteiger partial charge in [0.25, 0.3) is 0 Å². The summed E-state index contributed by atoms with van der Waals surface area (Å²) < 4.78 is 5.26. The van der Waals surface area contributed by atoms with Gasteiger partial charge in [-0.25, -0.2) is 4.79 Å². The monoisotopic (exact) mass is 273 g/mol. The van der Waals surface area contributed by atoms with Gasteiger partial charge < -0.3 is 14.8 Å². The van der Waals surface area contributed by atoms with Crippen molar-refractivity contribution >= 4 is 17.6 Å². The van der Waals surface area contributed by atoms with E-state index in [0.717, 1.165) is 0 Å². The Hall–Kier alpha value is -2.56. The number of benzene rings is 1. The number of hydrogen-bond acceptors (Lipinski definition) is 3. The number of carbonyl (C=O) groups is 2. The van der Waals surface area contributed by atoms with Gasteiger partial charge in [-0.2, -0.15) is 0 Å². The van der Waals surface area contributed by atoms with Crippen LogP contribution in [0.2, 0.25) is 0 Å². The predicted octanol–water partition coefficient (Wildman–Crippen LogP) is 3.24. The van der Waals surface area contributed by atoms with Crippen molar-refractivity contribution in [3.63, 3.8) is 0 Å². The van der Waals surface area contributed by atoms with Crippen LogP contribution in [-0.2, 0) is 4.79 Å². The Morgan fingerprint density at radius 3 is 2.45 bits per heavy atom. The molecule has 0 bridgehead atoms. The molecule has 2 N–H and O–H groups in total. The molecule has 5 nitrogen and oxygen atoms in total. The van der Waals surface area contributed by atoms with Gasteiger partial charge in [0, 0.05) is 11.5 Å². The maximum Gasteiger partial charge on any atom is 0.371 e. The van der Waals surface area contributed by atoms with Crippen LogP contribution in [0.1, 0.15) is 24.4 Å². The molecule has 2 rings (SSSR count). The lowest BCUT2D eigenvalue weighted by Gasteiger charge is -2.11. The Morgan fingerprint density at radius 1 is 1.15 bits per heavy atom. The fourth-order valence-electron chi connectivity index (χ4n) is 1.68. The SMILES string of the molecule is CC(C)C(=O)Nc1ccccc1-c1ccc(C(=O)O)o1. The lowest BCUT2D eigenvalue weighted by atomic mass is 10.1. The number of amides is 1. The molecule has 104 valence electrons. The zero-order chi connectivity index (χ0) is 14.7. The van der Waals surface area contributed by atoms with E-state index in [1.165, 1.54) is 6.07 Å². The van der Waals surface area contributed by atoms with E-state index in [0.29, 0.717) is 17.0 Å². The Balaban J connectivity index is 2.36. The van der Waals surface area contributed by atoms with Crippen LogP contribution in [0, 0.1) is 5.92 Å². The first-order chi connectivity index (χ1) is 9.49. The molecule has 0 radical (unpaired) electrons. The topological polar surface area (TPSA) is 79.5 Å². The van der Waals surface area contributed by atoms with Gasteiger partial charge in [-0.3, -0.25) is 4.79 Å². The predicted molar refractivity (Wildman–Crippen MR) is 74.6 cm³/mol. The number of aromatic carboxylic acids is 1. The van der Waals surface area contributed by atoms with Crippen LogP contribution in [-0.4, -0.2) is 17.0 Å². The summed E-state index contributed by atoms with van der Waals surface area (Å²) in [5, 5.41) is 11.7. The van der Waals surface area contributed by atoms with Crippen molar-refractivity contribution in [3.05, 3.63) is 42.2 Å². The number of carbonyl (C=O) groups excluding carboxylic acids is 1. The van der Waals surface area contributed by atoms with Crippen LogP contribution < -0.4 is 5.32 Å². The molecule has 1 amide bonds. The summed E-state index contributed by atoms with van der Waals surface area (Å²) in [4.78, 5) is 22.6. The fourth-order valence-corrected chi connectivity index (χ4v) is 1.68. The molecule has 2 aromatic rings. The van der Waals surface area contributed by atoms with Gasteiger partial charge in [0.1, 0.15) is 5.76 Å². The molecule has 0 unspecified atom stereocenters. The van der Waals surface area contributed by atoms with E-state index in [9.17, 15) is 9.59 Å². The molecule has 0 fully saturated rings. The van der Waals surface area contributed by atoms with Gasteiger partial charge >= 0.3 is 5.97 Å². The summed E-state index contributed by atoms with van der Waals surface area (Å²) in [7, 11) is 0. The molecule has 20 heavy (non-hydrogen) atoms. The van der Waals surface area contributed by atoms with Gasteiger partial charge in [0.15, 0.2) is 0 Å². The second-order valence-electron chi connectivity index (χ2n) is 4.66. The minimum absolute atomic E-state index is 0.109. The van der Waals surface area contributed by atoms with E-state index < -0.39 is 5.97 Å². The van der Waals surface area contributed by atoms with Crippen LogP contribution in [0.4, 0.5) is 5.69 Å². The van der Waals surface area contributed by atoms with Crippen LogP contribution in [0.15, 0.2) is 40.8 Å². The molecule has 0 aliphatic rings. The first-order valence-electron chi connectivity index (χ1n) is 6.22. The van der Waals surface area contributed by atoms with E-state index in [4.69, 9.17) is 9.52 Å². The molecular weight excluding hydrogens is 258 g/mol.